The van der Waals surface area contributed by atoms with Crippen molar-refractivity contribution in [3.8, 4) is 11.4 Å². The van der Waals surface area contributed by atoms with Crippen molar-refractivity contribution < 1.29 is 105 Å². The molecule has 0 spiro atoms. The predicted molar refractivity (Wildman–Crippen MR) is 407 cm³/mol. The topological polar surface area (TPSA) is 548 Å². The smallest absolute Gasteiger partial charge is 0.356 e. The molecule has 0 aliphatic heterocycles. The van der Waals surface area contributed by atoms with Crippen LogP contribution in [0.25, 0.3) is 11.4 Å². The molecule has 0 aliphatic rings. The van der Waals surface area contributed by atoms with Crippen LogP contribution >= 0.6 is 0 Å². The summed E-state index contributed by atoms with van der Waals surface area (Å²) in [6, 6.07) is 49.9. The van der Waals surface area contributed by atoms with Crippen molar-refractivity contribution in [3.63, 3.8) is 0 Å². The van der Waals surface area contributed by atoms with Crippen LogP contribution in [0.15, 0.2) is 227 Å². The normalized spacial score (nSPS) is 9.94. The number of tetrazole rings is 1. The summed E-state index contributed by atoms with van der Waals surface area (Å²) in [5.41, 5.74) is 11.6. The number of pyridine rings is 3. The van der Waals surface area contributed by atoms with E-state index in [1.807, 2.05) is 84.0 Å². The first-order chi connectivity index (χ1) is 52.6. The molecule has 12 aromatic rings. The summed E-state index contributed by atoms with van der Waals surface area (Å²) in [6.45, 7) is 20.1. The molecule has 0 bridgehead atoms. The standard InChI is InChI=1S/C8H8N4.2C8H8O2.3C7H7NO2.C7H8O3S.C7H8O2S.2C6H6N2O2.C6H6O3/c1-6-2-4-7(5-3-6)8-9-11-12-10-8;1-6-2-4-7(5-3-6)8(9)10;1-6-3-2-4-7(5-6)8(9)10;1-5-4-6(7(9)10)2-3-8-5;1-5-2-3-6(4-8-5)7(9)10;1-5-2-3-6(7(9)10)8-4-5;1-6-3-2-4-7(5-6)11(8,9)10;1-6-2-4-7(5-3-6)10(8)9;1-4-2-5(6(9)10)3-7-8-4;1-4-2-3-5(6(9)10)8-7-4;1-4-2-5(3-9-4)6(7)8/h2-5H,1H3,(H,9,10,11,12);2*2-5H,1H3,(H,9,10);3*2-4H,1H3,(H,9,10);2-5H,1H3,(H,8,9,10);2-5H,1H3,(H,8,9);2*2-3H,1H3,(H,9,10);2-3H,1H3,(H,7,8). The van der Waals surface area contributed by atoms with Gasteiger partial charge in [-0.1, -0.05) is 101 Å². The predicted octanol–water partition coefficient (Wildman–Crippen LogP) is 12.9. The molecule has 12 rings (SSSR count). The first kappa shape index (κ1) is 93.9. The van der Waals surface area contributed by atoms with Crippen LogP contribution in [0.5, 0.6) is 0 Å². The molecule has 7 aromatic heterocycles. The largest absolute Gasteiger partial charge is 0.478 e. The van der Waals surface area contributed by atoms with E-state index in [0.717, 1.165) is 44.8 Å². The zero-order valence-electron chi connectivity index (χ0n) is 61.9. The summed E-state index contributed by atoms with van der Waals surface area (Å²) in [5.74, 6) is -6.30. The maximum Gasteiger partial charge on any atom is 0.356 e. The van der Waals surface area contributed by atoms with E-state index in [9.17, 15) is 51.0 Å². The number of nitrogens with one attached hydrogen (secondary N) is 1. The zero-order valence-corrected chi connectivity index (χ0v) is 63.5. The fraction of sp³-hybridized carbons (Fsp3) is 0.143. The highest BCUT2D eigenvalue weighted by Gasteiger charge is 2.10. The molecule has 0 fully saturated rings. The summed E-state index contributed by atoms with van der Waals surface area (Å²) in [6.07, 6.45) is 6.80. The first-order valence-electron chi connectivity index (χ1n) is 32.1. The van der Waals surface area contributed by atoms with Gasteiger partial charge >= 0.3 is 47.8 Å². The number of carboxylic acid groups (broad SMARTS) is 8. The fourth-order valence-electron chi connectivity index (χ4n) is 7.42. The Kier molecular flexibility index (Phi) is 41.0. The second kappa shape index (κ2) is 48.9. The van der Waals surface area contributed by atoms with E-state index in [1.54, 1.807) is 120 Å². The number of hydrogen-bond donors (Lipinski definition) is 11. The molecule has 7 heterocycles. The van der Waals surface area contributed by atoms with E-state index < -0.39 is 69.0 Å². The molecule has 11 N–H and O–H groups in total. The lowest BCUT2D eigenvalue weighted by Gasteiger charge is -1.96. The van der Waals surface area contributed by atoms with Crippen LogP contribution in [0.4, 0.5) is 0 Å². The Morgan fingerprint density at radius 2 is 0.875 bits per heavy atom. The van der Waals surface area contributed by atoms with Crippen LogP contribution in [0.2, 0.25) is 0 Å². The SMILES string of the molecule is Cc1cc(C(=O)O)ccn1.Cc1cc(C(=O)O)cnn1.Cc1cc(C(=O)O)co1.Cc1ccc(-c2nn[nH]n2)cc1.Cc1ccc(C(=O)O)cc1.Cc1ccc(C(=O)O)cn1.Cc1ccc(C(=O)O)nc1.Cc1ccc(C(=O)O)nn1.Cc1ccc(S(=O)O)cc1.Cc1cccc(C(=O)O)c1.Cc1cccc(S(=O)(=O)O)c1. The number of hydrogen-bond acceptors (Lipinski definition) is 22. The van der Waals surface area contributed by atoms with E-state index in [-0.39, 0.29) is 38.5 Å². The van der Waals surface area contributed by atoms with Crippen molar-refractivity contribution in [1.29, 1.82) is 0 Å². The molecule has 35 heteroatoms. The van der Waals surface area contributed by atoms with E-state index >= 15 is 0 Å². The minimum Gasteiger partial charge on any atom is -0.478 e. The Balaban J connectivity index is 0.000000418. The number of rotatable bonds is 11. The van der Waals surface area contributed by atoms with Gasteiger partial charge in [-0.05, 0) is 196 Å². The highest BCUT2D eigenvalue weighted by Crippen LogP contribution is 2.14. The van der Waals surface area contributed by atoms with Gasteiger partial charge in [0.25, 0.3) is 10.1 Å². The number of aromatic nitrogens is 11. The van der Waals surface area contributed by atoms with Crippen LogP contribution < -0.4 is 0 Å². The van der Waals surface area contributed by atoms with Crippen LogP contribution in [0.3, 0.4) is 0 Å². The van der Waals surface area contributed by atoms with Crippen molar-refractivity contribution in [2.45, 2.75) is 86.0 Å². The number of carboxylic acids is 8. The van der Waals surface area contributed by atoms with Gasteiger partial charge in [-0.2, -0.15) is 28.9 Å². The van der Waals surface area contributed by atoms with E-state index in [0.29, 0.717) is 39.0 Å². The third-order valence-electron chi connectivity index (χ3n) is 13.2. The molecule has 5 aromatic carbocycles. The van der Waals surface area contributed by atoms with Gasteiger partial charge in [0.15, 0.2) is 16.8 Å². The average molecular weight is 1570 g/mol. The Morgan fingerprint density at radius 3 is 1.25 bits per heavy atom. The quantitative estimate of drug-likeness (QED) is 0.0423. The van der Waals surface area contributed by atoms with Gasteiger partial charge in [0.05, 0.1) is 60.8 Å². The summed E-state index contributed by atoms with van der Waals surface area (Å²) in [5, 5.41) is 95.2. The molecule has 0 saturated carbocycles. The number of benzene rings is 5. The van der Waals surface area contributed by atoms with E-state index in [2.05, 4.69) is 56.0 Å². The Morgan fingerprint density at radius 1 is 0.384 bits per heavy atom. The van der Waals surface area contributed by atoms with Gasteiger partial charge in [0.2, 0.25) is 5.82 Å². The average Bonchev–Trinajstić information content (AvgIpc) is 1.01. The molecule has 0 aliphatic carbocycles. The highest BCUT2D eigenvalue weighted by atomic mass is 32.2. The number of aromatic amines is 1. The lowest BCUT2D eigenvalue weighted by Crippen LogP contribution is -2.01. The van der Waals surface area contributed by atoms with Crippen molar-refractivity contribution in [1.82, 2.24) is 56.0 Å². The zero-order chi connectivity index (χ0) is 84.2. The van der Waals surface area contributed by atoms with Gasteiger partial charge in [0, 0.05) is 35.5 Å². The molecule has 33 nitrogen and oxygen atoms in total. The highest BCUT2D eigenvalue weighted by molar-refractivity contribution is 7.85. The second-order valence-electron chi connectivity index (χ2n) is 22.8. The molecule has 1 atom stereocenters. The van der Waals surface area contributed by atoms with E-state index in [4.69, 9.17) is 54.4 Å². The maximum atomic E-state index is 10.5. The van der Waals surface area contributed by atoms with Crippen LogP contribution in [-0.2, 0) is 21.2 Å². The molecule has 0 amide bonds. The summed E-state index contributed by atoms with van der Waals surface area (Å²) < 4.78 is 53.4. The van der Waals surface area contributed by atoms with Crippen LogP contribution in [0.1, 0.15) is 145 Å². The third kappa shape index (κ3) is 39.4. The van der Waals surface area contributed by atoms with Gasteiger partial charge in [-0.15, -0.1) is 15.3 Å². The Labute approximate surface area is 644 Å². The van der Waals surface area contributed by atoms with Crippen molar-refractivity contribution in [2.24, 2.45) is 0 Å². The van der Waals surface area contributed by atoms with Crippen molar-refractivity contribution in [2.75, 3.05) is 0 Å². The minimum absolute atomic E-state index is 0.0226. The Hall–Kier alpha value is -14.2. The van der Waals surface area contributed by atoms with Crippen LogP contribution in [0, 0.1) is 76.2 Å². The molecule has 1 unspecified atom stereocenters. The number of H-pyrrole nitrogens is 1. The summed E-state index contributed by atoms with van der Waals surface area (Å²) in [7, 11) is -4.03. The summed E-state index contributed by atoms with van der Waals surface area (Å²) in [4.78, 5) is 93.9. The van der Waals surface area contributed by atoms with E-state index in [1.165, 1.54) is 91.2 Å². The molecule has 586 valence electrons. The lowest BCUT2D eigenvalue weighted by molar-refractivity contribution is 0.0679. The second-order valence-corrected chi connectivity index (χ2v) is 25.2. The van der Waals surface area contributed by atoms with Crippen LogP contribution in [-0.4, -0.2) is 166 Å². The first-order valence-corrected chi connectivity index (χ1v) is 34.6. The number of aryl methyl sites for hydroxylation is 11. The van der Waals surface area contributed by atoms with Gasteiger partial charge in [0.1, 0.15) is 17.7 Å². The molecular formula is C77H79N11O22S2. The molecule has 112 heavy (non-hydrogen) atoms. The van der Waals surface area contributed by atoms with Gasteiger partial charge in [-0.25, -0.2) is 47.5 Å². The molecule has 0 saturated heterocycles. The molecular weight excluding hydrogens is 1500 g/mol. The van der Waals surface area contributed by atoms with Gasteiger partial charge < -0.3 is 49.8 Å². The maximum absolute atomic E-state index is 10.5. The van der Waals surface area contributed by atoms with Gasteiger partial charge in [-0.3, -0.25) is 14.5 Å². The van der Waals surface area contributed by atoms with Crippen molar-refractivity contribution >= 4 is 69.0 Å². The number of carbonyl (C=O) groups is 8. The number of nitrogens with zero attached hydrogens (tertiary/aromatic N) is 10. The number of furan rings is 1. The minimum atomic E-state index is -4.03. The van der Waals surface area contributed by atoms with Crippen molar-refractivity contribution in [3.05, 3.63) is 320 Å². The fourth-order valence-corrected chi connectivity index (χ4v) is 8.37. The molecule has 0 radical (unpaired) electrons. The Bertz CT molecular complexity index is 4680. The summed E-state index contributed by atoms with van der Waals surface area (Å²) >= 11 is -1.84. The number of aromatic carboxylic acids is 8. The lowest BCUT2D eigenvalue weighted by atomic mass is 10.1. The third-order valence-corrected chi connectivity index (χ3v) is 14.7. The monoisotopic (exact) mass is 1570 g/mol.